The molecule has 0 saturated carbocycles. The molecule has 0 bridgehead atoms. The number of carbonyl (C=O) groups excluding carboxylic acids is 3. The minimum Gasteiger partial charge on any atom is -0.444 e. The van der Waals surface area contributed by atoms with Crippen LogP contribution in [0.2, 0.25) is 0 Å². The molecule has 8 N–H and O–H groups in total. The molecule has 0 aliphatic carbocycles. The fraction of sp³-hybridized carbons (Fsp3) is 0.859. The smallest absolute Gasteiger partial charge is 0.407 e. The number of rotatable bonds is 11. The van der Waals surface area contributed by atoms with Crippen molar-refractivity contribution in [2.75, 3.05) is 118 Å². The van der Waals surface area contributed by atoms with E-state index in [-0.39, 0.29) is 41.3 Å². The number of carbonyl (C=O) groups is 3. The van der Waals surface area contributed by atoms with E-state index in [9.17, 15) is 14.4 Å². The van der Waals surface area contributed by atoms with Crippen molar-refractivity contribution in [3.63, 3.8) is 0 Å². The average Bonchev–Trinajstić information content (AvgIpc) is 1.25. The van der Waals surface area contributed by atoms with Crippen LogP contribution in [0, 0.1) is 18.8 Å². The summed E-state index contributed by atoms with van der Waals surface area (Å²) in [7, 11) is 0. The molecule has 8 fully saturated rings. The Bertz CT molecular complexity index is 2460. The van der Waals surface area contributed by atoms with Crippen molar-refractivity contribution in [2.24, 2.45) is 29.0 Å². The summed E-state index contributed by atoms with van der Waals surface area (Å²) in [4.78, 5) is 58.0. The fourth-order valence-corrected chi connectivity index (χ4v) is 14.6. The molecule has 8 saturated heterocycles. The van der Waals surface area contributed by atoms with Gasteiger partial charge in [0, 0.05) is 147 Å². The Balaban J connectivity index is 0.000000244. The standard InChI is InChI=1S/C14H28N2O2.C14H22N2.C12H24N2O.C11H19N3.2C9H18N2O.C9H20N2/c1-13(2,3)16-9-7-8-11(10-16)15-12(17)18-14(4,5)6;1-11(2)16-8-4-5-13(10-16)14-7-6-12(3)9-15-14;1-11(2)14-5-3-4-12(10-14)13-6-8-15-9-7-13;1-9(2)14-7-4-10(5-8-14)11-3-6-12-13-11;1-7(2)11-5-3-8(4-6-11)9(10)12;1-7(2)11-5-3-4-8(6-11)9(10)12;1-9(2,3)11-6-4-5-8(10)7-11/h11H,7-10H2,1-6H3,(H,15,17);6-7,9,11,13H,4-5,8,10H2,1-3H3;11-12H,3-10H2,1-2H3;3,6,9-10H,4-5,7-8H2,1-2H3,(H,12,13);2*7-8H,3-6H2,1-2H3,(H2,10,12);8H,4-7,10H2,1-3H3. The molecule has 10 heterocycles. The summed E-state index contributed by atoms with van der Waals surface area (Å²) in [5.41, 5.74) is 20.2. The zero-order valence-corrected chi connectivity index (χ0v) is 66.2. The number of amides is 3. The second-order valence-corrected chi connectivity index (χ2v) is 33.9. The number of ether oxygens (including phenoxy) is 2. The third-order valence-electron chi connectivity index (χ3n) is 21.2. The lowest BCUT2D eigenvalue weighted by molar-refractivity contribution is -0.124. The minimum absolute atomic E-state index is 0.0844. The molecule has 10 rings (SSSR count). The Labute approximate surface area is 598 Å². The van der Waals surface area contributed by atoms with Gasteiger partial charge >= 0.3 is 6.09 Å². The number of aromatic amines is 1. The number of nitrogens with two attached hydrogens (primary N) is 3. The Morgan fingerprint density at radius 3 is 1.49 bits per heavy atom. The molecule has 3 amide bonds. The van der Waals surface area contributed by atoms with Gasteiger partial charge in [-0.15, -0.1) is 0 Å². The Kier molecular flexibility index (Phi) is 38.3. The van der Waals surface area contributed by atoms with Gasteiger partial charge in [0.1, 0.15) is 5.60 Å². The molecule has 98 heavy (non-hydrogen) atoms. The second kappa shape index (κ2) is 43.3. The molecule has 566 valence electrons. The molecule has 20 nitrogen and oxygen atoms in total. The van der Waals surface area contributed by atoms with E-state index >= 15 is 0 Å². The number of piperidine rings is 7. The maximum absolute atomic E-state index is 11.7. The molecule has 20 heteroatoms. The van der Waals surface area contributed by atoms with E-state index in [0.29, 0.717) is 53.6 Å². The van der Waals surface area contributed by atoms with Crippen LogP contribution in [0.3, 0.4) is 0 Å². The topological polar surface area (TPSA) is 227 Å². The van der Waals surface area contributed by atoms with E-state index in [1.54, 1.807) is 0 Å². The van der Waals surface area contributed by atoms with E-state index in [4.69, 9.17) is 26.7 Å². The van der Waals surface area contributed by atoms with E-state index in [1.165, 1.54) is 114 Å². The summed E-state index contributed by atoms with van der Waals surface area (Å²) < 4.78 is 10.7. The number of nitrogens with one attached hydrogen (secondary N) is 2. The summed E-state index contributed by atoms with van der Waals surface area (Å²) in [5, 5.41) is 10.1. The summed E-state index contributed by atoms with van der Waals surface area (Å²) in [5.74, 6) is 1.28. The number of nitrogens with zero attached hydrogens (tertiary/aromatic N) is 10. The predicted molar refractivity (Wildman–Crippen MR) is 407 cm³/mol. The molecule has 0 radical (unpaired) electrons. The highest BCUT2D eigenvalue weighted by Gasteiger charge is 2.33. The number of likely N-dealkylation sites (tertiary alicyclic amines) is 7. The van der Waals surface area contributed by atoms with Crippen molar-refractivity contribution in [1.29, 1.82) is 0 Å². The highest BCUT2D eigenvalue weighted by Crippen LogP contribution is 2.29. The highest BCUT2D eigenvalue weighted by molar-refractivity contribution is 5.77. The van der Waals surface area contributed by atoms with Crippen LogP contribution >= 0.6 is 0 Å². The van der Waals surface area contributed by atoms with Crippen molar-refractivity contribution < 1.29 is 23.9 Å². The fourth-order valence-electron chi connectivity index (χ4n) is 14.6. The molecule has 0 spiro atoms. The summed E-state index contributed by atoms with van der Waals surface area (Å²) in [6.45, 7) is 63.4. The van der Waals surface area contributed by atoms with Crippen LogP contribution in [0.15, 0.2) is 30.6 Å². The molecule has 5 atom stereocenters. The van der Waals surface area contributed by atoms with Crippen LogP contribution in [-0.4, -0.2) is 255 Å². The van der Waals surface area contributed by atoms with Crippen LogP contribution in [0.25, 0.3) is 0 Å². The van der Waals surface area contributed by atoms with Gasteiger partial charge in [-0.25, -0.2) is 4.79 Å². The van der Waals surface area contributed by atoms with Crippen molar-refractivity contribution in [2.45, 2.75) is 305 Å². The zero-order chi connectivity index (χ0) is 72.9. The van der Waals surface area contributed by atoms with E-state index < -0.39 is 5.60 Å². The van der Waals surface area contributed by atoms with Gasteiger partial charge in [-0.05, 0) is 305 Å². The maximum Gasteiger partial charge on any atom is 0.407 e. The average molecular weight is 1380 g/mol. The number of hydrogen-bond acceptors (Lipinski definition) is 16. The molecular weight excluding hydrogens is 1230 g/mol. The van der Waals surface area contributed by atoms with Gasteiger partial charge < -0.3 is 51.6 Å². The van der Waals surface area contributed by atoms with Crippen molar-refractivity contribution in [3.8, 4) is 0 Å². The lowest BCUT2D eigenvalue weighted by atomic mass is 9.93. The first-order valence-electron chi connectivity index (χ1n) is 38.8. The maximum atomic E-state index is 11.7. The molecule has 2 aromatic heterocycles. The predicted octanol–water partition coefficient (Wildman–Crippen LogP) is 11.3. The summed E-state index contributed by atoms with van der Waals surface area (Å²) in [6, 6.07) is 11.1. The van der Waals surface area contributed by atoms with Gasteiger partial charge in [0.25, 0.3) is 0 Å². The summed E-state index contributed by atoms with van der Waals surface area (Å²) in [6.07, 6.45) is 20.0. The van der Waals surface area contributed by atoms with Crippen molar-refractivity contribution in [1.82, 2.24) is 59.7 Å². The number of primary amides is 2. The number of alkyl carbamates (subject to hydrolysis) is 1. The van der Waals surface area contributed by atoms with Crippen molar-refractivity contribution >= 4 is 17.9 Å². The van der Waals surface area contributed by atoms with E-state index in [0.717, 1.165) is 117 Å². The zero-order valence-electron chi connectivity index (χ0n) is 66.2. The largest absolute Gasteiger partial charge is 0.444 e. The van der Waals surface area contributed by atoms with Gasteiger partial charge in [0.2, 0.25) is 11.8 Å². The van der Waals surface area contributed by atoms with E-state index in [2.05, 4.69) is 196 Å². The number of hydrogen-bond donors (Lipinski definition) is 5. The van der Waals surface area contributed by atoms with Crippen molar-refractivity contribution in [3.05, 3.63) is 47.5 Å². The molecule has 0 aromatic carbocycles. The Hall–Kier alpha value is -3.83. The van der Waals surface area contributed by atoms with E-state index in [1.807, 2.05) is 33.2 Å². The lowest BCUT2D eigenvalue weighted by Gasteiger charge is -2.42. The highest BCUT2D eigenvalue weighted by atomic mass is 16.6. The molecule has 2 aromatic rings. The molecule has 8 aliphatic heterocycles. The third-order valence-corrected chi connectivity index (χ3v) is 21.2. The monoisotopic (exact) mass is 1380 g/mol. The molecule has 5 unspecified atom stereocenters. The number of aromatic nitrogens is 3. The lowest BCUT2D eigenvalue weighted by Crippen LogP contribution is -2.54. The second-order valence-electron chi connectivity index (χ2n) is 33.9. The number of aryl methyl sites for hydroxylation is 1. The first-order chi connectivity index (χ1) is 46.0. The first-order valence-corrected chi connectivity index (χ1v) is 38.8. The Morgan fingerprint density at radius 1 is 0.531 bits per heavy atom. The van der Waals surface area contributed by atoms with Gasteiger partial charge in [-0.3, -0.25) is 39.3 Å². The molecular formula is C78H149N15O5. The van der Waals surface area contributed by atoms with Crippen LogP contribution in [-0.2, 0) is 19.1 Å². The van der Waals surface area contributed by atoms with Crippen LogP contribution < -0.4 is 22.5 Å². The minimum atomic E-state index is -0.428. The van der Waals surface area contributed by atoms with Gasteiger partial charge in [-0.2, -0.15) is 5.10 Å². The SMILES string of the molecule is CC(C)(C)N1CCCC(N)C1.CC(C)(C)OC(=O)NC1CCCN(C(C)(C)C)C1.CC(C)N1CCC(C(N)=O)CC1.CC(C)N1CCC(c2ccn[nH]2)CC1.CC(C)N1CCCC(C(N)=O)C1.CC(C)N1CCCC(N2CCOCC2)C1.Cc1ccc(C2CCCN(C(C)C)C2)nc1. The van der Waals surface area contributed by atoms with Gasteiger partial charge in [0.05, 0.1) is 19.1 Å². The normalized spacial score (nSPS) is 24.6. The van der Waals surface area contributed by atoms with Gasteiger partial charge in [0.15, 0.2) is 0 Å². The number of pyridine rings is 1. The molecule has 8 aliphatic rings. The quantitative estimate of drug-likeness (QED) is 0.141. The van der Waals surface area contributed by atoms with Crippen LogP contribution in [0.1, 0.15) is 250 Å². The number of morpholine rings is 1. The van der Waals surface area contributed by atoms with Gasteiger partial charge in [-0.1, -0.05) is 6.07 Å². The summed E-state index contributed by atoms with van der Waals surface area (Å²) >= 11 is 0. The van der Waals surface area contributed by atoms with Crippen LogP contribution in [0.4, 0.5) is 4.79 Å². The first kappa shape index (κ1) is 86.6. The Morgan fingerprint density at radius 2 is 1.02 bits per heavy atom. The third kappa shape index (κ3) is 33.1. The van der Waals surface area contributed by atoms with Crippen LogP contribution in [0.5, 0.6) is 0 Å². The number of H-pyrrole nitrogens is 1.